The Hall–Kier alpha value is -0.900. The molecule has 10 heavy (non-hydrogen) atoms. The monoisotopic (exact) mass is 146 g/mol. The summed E-state index contributed by atoms with van der Waals surface area (Å²) < 4.78 is 4.54. The van der Waals surface area contributed by atoms with Gasteiger partial charge in [-0.1, -0.05) is 0 Å². The average molecular weight is 146 g/mol. The van der Waals surface area contributed by atoms with E-state index in [0.717, 1.165) is 0 Å². The van der Waals surface area contributed by atoms with Crippen LogP contribution < -0.4 is 5.73 Å². The Morgan fingerprint density at radius 1 is 1.50 bits per heavy atom. The third-order valence-corrected chi connectivity index (χ3v) is 1.06. The fourth-order valence-electron chi connectivity index (χ4n) is 0.335. The molecule has 0 aromatic carbocycles. The molecule has 0 aromatic heterocycles. The molecule has 0 fully saturated rings. The number of quaternary nitrogens is 1. The molecule has 0 heterocycles. The number of carbonyl (C=O) groups is 2. The SMILES string of the molecule is CC(=O)OCC([NH3+])C(C)=O. The summed E-state index contributed by atoms with van der Waals surface area (Å²) >= 11 is 0. The van der Waals surface area contributed by atoms with E-state index in [1.807, 2.05) is 0 Å². The zero-order chi connectivity index (χ0) is 8.15. The molecule has 1 unspecified atom stereocenters. The van der Waals surface area contributed by atoms with Crippen LogP contribution in [0.5, 0.6) is 0 Å². The third kappa shape index (κ3) is 4.03. The van der Waals surface area contributed by atoms with E-state index in [1.54, 1.807) is 0 Å². The molecule has 1 atom stereocenters. The van der Waals surface area contributed by atoms with Crippen molar-refractivity contribution in [3.05, 3.63) is 0 Å². The van der Waals surface area contributed by atoms with Crippen LogP contribution in [0.2, 0.25) is 0 Å². The fraction of sp³-hybridized carbons (Fsp3) is 0.667. The Balaban J connectivity index is 3.49. The minimum atomic E-state index is -0.427. The van der Waals surface area contributed by atoms with Crippen molar-refractivity contribution in [2.24, 2.45) is 0 Å². The highest BCUT2D eigenvalue weighted by Crippen LogP contribution is 1.81. The molecule has 0 aliphatic carbocycles. The van der Waals surface area contributed by atoms with Crippen molar-refractivity contribution in [1.82, 2.24) is 0 Å². The van der Waals surface area contributed by atoms with E-state index in [4.69, 9.17) is 0 Å². The van der Waals surface area contributed by atoms with E-state index in [0.29, 0.717) is 0 Å². The molecule has 0 saturated heterocycles. The molecule has 0 amide bonds. The largest absolute Gasteiger partial charge is 0.459 e. The summed E-state index contributed by atoms with van der Waals surface area (Å²) in [5, 5.41) is 0. The Kier molecular flexibility index (Phi) is 3.64. The fourth-order valence-corrected chi connectivity index (χ4v) is 0.335. The van der Waals surface area contributed by atoms with Crippen molar-refractivity contribution in [2.45, 2.75) is 19.9 Å². The maximum absolute atomic E-state index is 10.5. The van der Waals surface area contributed by atoms with E-state index >= 15 is 0 Å². The van der Waals surface area contributed by atoms with Crippen LogP contribution in [0, 0.1) is 0 Å². The molecule has 0 bridgehead atoms. The highest BCUT2D eigenvalue weighted by atomic mass is 16.5. The highest BCUT2D eigenvalue weighted by molar-refractivity contribution is 5.80. The quantitative estimate of drug-likeness (QED) is 0.506. The van der Waals surface area contributed by atoms with Crippen molar-refractivity contribution in [2.75, 3.05) is 6.61 Å². The Labute approximate surface area is 59.3 Å². The van der Waals surface area contributed by atoms with Crippen LogP contribution in [-0.4, -0.2) is 24.4 Å². The molecular formula is C6H12NO3+. The lowest BCUT2D eigenvalue weighted by Gasteiger charge is -2.03. The van der Waals surface area contributed by atoms with Crippen LogP contribution in [0.3, 0.4) is 0 Å². The van der Waals surface area contributed by atoms with Gasteiger partial charge in [-0.3, -0.25) is 9.59 Å². The van der Waals surface area contributed by atoms with Gasteiger partial charge < -0.3 is 10.5 Å². The lowest BCUT2D eigenvalue weighted by molar-refractivity contribution is -0.408. The Morgan fingerprint density at radius 2 is 2.00 bits per heavy atom. The van der Waals surface area contributed by atoms with Crippen molar-refractivity contribution in [3.8, 4) is 0 Å². The summed E-state index contributed by atoms with van der Waals surface area (Å²) in [6, 6.07) is -0.427. The maximum Gasteiger partial charge on any atom is 0.302 e. The van der Waals surface area contributed by atoms with E-state index in [-0.39, 0.29) is 18.4 Å². The van der Waals surface area contributed by atoms with E-state index in [1.165, 1.54) is 13.8 Å². The average Bonchev–Trinajstić information content (AvgIpc) is 1.82. The highest BCUT2D eigenvalue weighted by Gasteiger charge is 2.12. The first kappa shape index (κ1) is 9.10. The second-order valence-electron chi connectivity index (χ2n) is 2.11. The van der Waals surface area contributed by atoms with Gasteiger partial charge in [-0.25, -0.2) is 0 Å². The summed E-state index contributed by atoms with van der Waals surface area (Å²) in [5.74, 6) is -0.448. The van der Waals surface area contributed by atoms with E-state index in [2.05, 4.69) is 10.5 Å². The van der Waals surface area contributed by atoms with E-state index < -0.39 is 6.04 Å². The normalized spacial score (nSPS) is 12.3. The molecule has 0 aliphatic heterocycles. The lowest BCUT2D eigenvalue weighted by atomic mass is 10.2. The van der Waals surface area contributed by atoms with Crippen LogP contribution in [0.15, 0.2) is 0 Å². The number of ketones is 1. The van der Waals surface area contributed by atoms with Gasteiger partial charge in [0.15, 0.2) is 18.4 Å². The zero-order valence-electron chi connectivity index (χ0n) is 6.22. The molecule has 0 rings (SSSR count). The first-order chi connectivity index (χ1) is 4.54. The zero-order valence-corrected chi connectivity index (χ0v) is 6.22. The minimum absolute atomic E-state index is 0.0683. The number of carbonyl (C=O) groups excluding carboxylic acids is 2. The minimum Gasteiger partial charge on any atom is -0.459 e. The van der Waals surface area contributed by atoms with Gasteiger partial charge in [-0.15, -0.1) is 0 Å². The summed E-state index contributed by atoms with van der Waals surface area (Å²) in [4.78, 5) is 20.7. The van der Waals surface area contributed by atoms with Crippen LogP contribution >= 0.6 is 0 Å². The Bertz CT molecular complexity index is 144. The topological polar surface area (TPSA) is 71.0 Å². The summed E-state index contributed by atoms with van der Waals surface area (Å²) in [6.45, 7) is 2.80. The maximum atomic E-state index is 10.5. The molecule has 0 saturated carbocycles. The summed E-state index contributed by atoms with van der Waals surface area (Å²) in [6.07, 6.45) is 0. The molecular weight excluding hydrogens is 134 g/mol. The van der Waals surface area contributed by atoms with Gasteiger partial charge in [-0.2, -0.15) is 0 Å². The number of hydrogen-bond acceptors (Lipinski definition) is 3. The van der Waals surface area contributed by atoms with Crippen molar-refractivity contribution in [3.63, 3.8) is 0 Å². The summed E-state index contributed by atoms with van der Waals surface area (Å²) in [5.41, 5.74) is 3.48. The standard InChI is InChI=1S/C6H11NO3/c1-4(8)6(7)3-10-5(2)9/h6H,3,7H2,1-2H3/p+1. The van der Waals surface area contributed by atoms with Crippen LogP contribution in [0.4, 0.5) is 0 Å². The van der Waals surface area contributed by atoms with Gasteiger partial charge >= 0.3 is 5.97 Å². The van der Waals surface area contributed by atoms with Crippen LogP contribution in [-0.2, 0) is 14.3 Å². The van der Waals surface area contributed by atoms with Gasteiger partial charge in [0, 0.05) is 13.8 Å². The van der Waals surface area contributed by atoms with Gasteiger partial charge in [0.05, 0.1) is 0 Å². The number of hydrogen-bond donors (Lipinski definition) is 1. The molecule has 0 aliphatic rings. The second kappa shape index (κ2) is 4.00. The summed E-state index contributed by atoms with van der Waals surface area (Å²) in [7, 11) is 0. The van der Waals surface area contributed by atoms with E-state index in [9.17, 15) is 9.59 Å². The molecule has 0 radical (unpaired) electrons. The number of rotatable bonds is 3. The molecule has 0 spiro atoms. The predicted octanol–water partition coefficient (Wildman–Crippen LogP) is -1.25. The third-order valence-electron chi connectivity index (χ3n) is 1.06. The number of esters is 1. The molecule has 58 valence electrons. The molecule has 4 heteroatoms. The van der Waals surface area contributed by atoms with Crippen molar-refractivity contribution >= 4 is 11.8 Å². The number of Topliss-reactive ketones (excluding diaryl/α,β-unsaturated/α-hetero) is 1. The lowest BCUT2D eigenvalue weighted by Crippen LogP contribution is -2.66. The van der Waals surface area contributed by atoms with Crippen molar-refractivity contribution < 1.29 is 20.1 Å². The van der Waals surface area contributed by atoms with Crippen molar-refractivity contribution in [1.29, 1.82) is 0 Å². The predicted molar refractivity (Wildman–Crippen MR) is 34.0 cm³/mol. The van der Waals surface area contributed by atoms with Crippen LogP contribution in [0.25, 0.3) is 0 Å². The molecule has 4 nitrogen and oxygen atoms in total. The molecule has 0 aromatic rings. The first-order valence-corrected chi connectivity index (χ1v) is 3.01. The van der Waals surface area contributed by atoms with Gasteiger partial charge in [0.2, 0.25) is 0 Å². The smallest absolute Gasteiger partial charge is 0.302 e. The first-order valence-electron chi connectivity index (χ1n) is 3.01. The number of ether oxygens (including phenoxy) is 1. The van der Waals surface area contributed by atoms with Gasteiger partial charge in [-0.05, 0) is 0 Å². The van der Waals surface area contributed by atoms with Gasteiger partial charge in [0.25, 0.3) is 0 Å². The van der Waals surface area contributed by atoms with Crippen LogP contribution in [0.1, 0.15) is 13.8 Å². The molecule has 3 N–H and O–H groups in total. The second-order valence-corrected chi connectivity index (χ2v) is 2.11. The van der Waals surface area contributed by atoms with Gasteiger partial charge in [0.1, 0.15) is 0 Å². The Morgan fingerprint density at radius 3 is 2.30 bits per heavy atom.